The minimum Gasteiger partial charge on any atom is -0.456 e. The van der Waals surface area contributed by atoms with Crippen molar-refractivity contribution in [2.24, 2.45) is 11.8 Å². The van der Waals surface area contributed by atoms with Crippen molar-refractivity contribution in [3.63, 3.8) is 0 Å². The van der Waals surface area contributed by atoms with Crippen LogP contribution in [0.3, 0.4) is 0 Å². The molecular weight excluding hydrogens is 408 g/mol. The first-order chi connectivity index (χ1) is 15.1. The van der Waals surface area contributed by atoms with Crippen molar-refractivity contribution >= 4 is 29.3 Å². The number of ether oxygens (including phenoxy) is 1. The molecule has 1 atom stereocenters. The van der Waals surface area contributed by atoms with Gasteiger partial charge in [-0.1, -0.05) is 45.4 Å². The Morgan fingerprint density at radius 3 is 2.12 bits per heavy atom. The maximum atomic E-state index is 12.6. The highest BCUT2D eigenvalue weighted by atomic mass is 16.5. The van der Waals surface area contributed by atoms with Crippen LogP contribution in [-0.4, -0.2) is 36.2 Å². The Labute approximate surface area is 188 Å². The zero-order valence-corrected chi connectivity index (χ0v) is 19.1. The van der Waals surface area contributed by atoms with Gasteiger partial charge < -0.3 is 15.4 Å². The van der Waals surface area contributed by atoms with Crippen LogP contribution in [0, 0.1) is 18.8 Å². The molecule has 0 heterocycles. The Morgan fingerprint density at radius 2 is 1.56 bits per heavy atom. The highest BCUT2D eigenvalue weighted by Crippen LogP contribution is 2.13. The predicted octanol–water partition coefficient (Wildman–Crippen LogP) is 3.77. The van der Waals surface area contributed by atoms with Crippen LogP contribution >= 0.6 is 0 Å². The van der Waals surface area contributed by atoms with Gasteiger partial charge in [0.05, 0.1) is 0 Å². The third kappa shape index (κ3) is 7.04. The van der Waals surface area contributed by atoms with Gasteiger partial charge >= 0.3 is 5.97 Å². The summed E-state index contributed by atoms with van der Waals surface area (Å²) < 4.78 is 5.20. The quantitative estimate of drug-likeness (QED) is 0.458. The molecule has 2 aromatic rings. The van der Waals surface area contributed by atoms with E-state index in [4.69, 9.17) is 4.74 Å². The van der Waals surface area contributed by atoms with Crippen LogP contribution < -0.4 is 10.6 Å². The largest absolute Gasteiger partial charge is 0.456 e. The monoisotopic (exact) mass is 438 g/mol. The average Bonchev–Trinajstić information content (AvgIpc) is 2.75. The Bertz CT molecular complexity index is 980. The molecule has 0 saturated heterocycles. The topological polar surface area (TPSA) is 102 Å². The standard InChI is InChI=1S/C25H30N2O5/c1-15(2)22(27-24(30)19-8-6-7-17(5)13-19)25(31)32-14-21(28)18-9-11-20(12-10-18)26-23(29)16(3)4/h6-13,15-16,22H,14H2,1-5H3,(H,26,29)(H,27,30)/t22-/m0/s1. The molecular formula is C25H30N2O5. The first-order valence-electron chi connectivity index (χ1n) is 10.6. The third-order valence-corrected chi connectivity index (χ3v) is 4.83. The molecule has 170 valence electrons. The number of benzene rings is 2. The SMILES string of the molecule is Cc1cccc(C(=O)N[C@H](C(=O)OCC(=O)c2ccc(NC(=O)C(C)C)cc2)C(C)C)c1. The number of hydrogen-bond donors (Lipinski definition) is 2. The molecule has 2 aromatic carbocycles. The number of rotatable bonds is 9. The maximum absolute atomic E-state index is 12.6. The summed E-state index contributed by atoms with van der Waals surface area (Å²) in [6, 6.07) is 12.5. The number of Topliss-reactive ketones (excluding diaryl/α,β-unsaturated/α-hetero) is 1. The Hall–Kier alpha value is -3.48. The zero-order chi connectivity index (χ0) is 23.8. The molecule has 32 heavy (non-hydrogen) atoms. The van der Waals surface area contributed by atoms with E-state index in [-0.39, 0.29) is 29.4 Å². The van der Waals surface area contributed by atoms with E-state index in [1.165, 1.54) is 0 Å². The molecule has 2 amide bonds. The molecule has 0 fully saturated rings. The Morgan fingerprint density at radius 1 is 0.906 bits per heavy atom. The molecule has 0 aliphatic heterocycles. The van der Waals surface area contributed by atoms with Gasteiger partial charge in [0, 0.05) is 22.7 Å². The zero-order valence-electron chi connectivity index (χ0n) is 19.1. The normalized spacial score (nSPS) is 11.7. The van der Waals surface area contributed by atoms with E-state index in [2.05, 4.69) is 10.6 Å². The second-order valence-electron chi connectivity index (χ2n) is 8.32. The molecule has 0 saturated carbocycles. The van der Waals surface area contributed by atoms with E-state index in [0.717, 1.165) is 5.56 Å². The van der Waals surface area contributed by atoms with Crippen molar-refractivity contribution < 1.29 is 23.9 Å². The van der Waals surface area contributed by atoms with Gasteiger partial charge in [0.1, 0.15) is 6.04 Å². The average molecular weight is 439 g/mol. The molecule has 0 bridgehead atoms. The molecule has 0 radical (unpaired) electrons. The number of nitrogens with one attached hydrogen (secondary N) is 2. The van der Waals surface area contributed by atoms with Crippen molar-refractivity contribution in [1.82, 2.24) is 5.32 Å². The number of amides is 2. The molecule has 0 spiro atoms. The highest BCUT2D eigenvalue weighted by molar-refractivity contribution is 6.00. The van der Waals surface area contributed by atoms with Crippen LogP contribution in [0.15, 0.2) is 48.5 Å². The lowest BCUT2D eigenvalue weighted by Gasteiger charge is -2.21. The summed E-state index contributed by atoms with van der Waals surface area (Å²) in [7, 11) is 0. The highest BCUT2D eigenvalue weighted by Gasteiger charge is 2.27. The van der Waals surface area contributed by atoms with Gasteiger partial charge in [-0.15, -0.1) is 0 Å². The van der Waals surface area contributed by atoms with Crippen molar-refractivity contribution in [3.05, 3.63) is 65.2 Å². The van der Waals surface area contributed by atoms with Crippen LogP contribution in [0.25, 0.3) is 0 Å². The summed E-state index contributed by atoms with van der Waals surface area (Å²) in [4.78, 5) is 49.2. The van der Waals surface area contributed by atoms with Crippen LogP contribution in [0.2, 0.25) is 0 Å². The molecule has 0 aromatic heterocycles. The van der Waals surface area contributed by atoms with Crippen LogP contribution in [0.4, 0.5) is 5.69 Å². The lowest BCUT2D eigenvalue weighted by Crippen LogP contribution is -2.45. The van der Waals surface area contributed by atoms with Gasteiger partial charge in [-0.25, -0.2) is 4.79 Å². The number of carbonyl (C=O) groups is 4. The summed E-state index contributed by atoms with van der Waals surface area (Å²) in [6.07, 6.45) is 0. The van der Waals surface area contributed by atoms with Crippen LogP contribution in [0.1, 0.15) is 54.0 Å². The fraction of sp³-hybridized carbons (Fsp3) is 0.360. The van der Waals surface area contributed by atoms with Gasteiger partial charge in [-0.2, -0.15) is 0 Å². The number of anilines is 1. The van der Waals surface area contributed by atoms with Crippen molar-refractivity contribution in [3.8, 4) is 0 Å². The molecule has 7 heteroatoms. The molecule has 7 nitrogen and oxygen atoms in total. The van der Waals surface area contributed by atoms with Gasteiger partial charge in [0.15, 0.2) is 12.4 Å². The summed E-state index contributed by atoms with van der Waals surface area (Å²) in [5, 5.41) is 5.44. The van der Waals surface area contributed by atoms with Gasteiger partial charge in [-0.05, 0) is 49.2 Å². The van der Waals surface area contributed by atoms with Gasteiger partial charge in [0.25, 0.3) is 5.91 Å². The number of ketones is 1. The first-order valence-corrected chi connectivity index (χ1v) is 10.6. The van der Waals surface area contributed by atoms with Crippen molar-refractivity contribution in [2.45, 2.75) is 40.7 Å². The van der Waals surface area contributed by atoms with E-state index in [1.807, 2.05) is 13.0 Å². The second-order valence-corrected chi connectivity index (χ2v) is 8.32. The second kappa shape index (κ2) is 11.2. The smallest absolute Gasteiger partial charge is 0.329 e. The number of aryl methyl sites for hydroxylation is 1. The van der Waals surface area contributed by atoms with Gasteiger partial charge in [-0.3, -0.25) is 14.4 Å². The summed E-state index contributed by atoms with van der Waals surface area (Å²) in [5.74, 6) is -1.94. The Balaban J connectivity index is 1.95. The summed E-state index contributed by atoms with van der Waals surface area (Å²) in [5.41, 5.74) is 2.31. The number of carbonyl (C=O) groups excluding carboxylic acids is 4. The van der Waals surface area contributed by atoms with Crippen molar-refractivity contribution in [2.75, 3.05) is 11.9 Å². The minimum absolute atomic E-state index is 0.120. The lowest BCUT2D eigenvalue weighted by molar-refractivity contribution is -0.146. The molecule has 2 N–H and O–H groups in total. The molecule has 2 rings (SSSR count). The van der Waals surface area contributed by atoms with E-state index < -0.39 is 18.6 Å². The number of esters is 1. The fourth-order valence-electron chi connectivity index (χ4n) is 2.84. The van der Waals surface area contributed by atoms with E-state index in [9.17, 15) is 19.2 Å². The third-order valence-electron chi connectivity index (χ3n) is 4.83. The predicted molar refractivity (Wildman–Crippen MR) is 122 cm³/mol. The van der Waals surface area contributed by atoms with Crippen LogP contribution in [-0.2, 0) is 14.3 Å². The lowest BCUT2D eigenvalue weighted by atomic mass is 10.0. The summed E-state index contributed by atoms with van der Waals surface area (Å²) >= 11 is 0. The maximum Gasteiger partial charge on any atom is 0.329 e. The van der Waals surface area contributed by atoms with E-state index in [0.29, 0.717) is 16.8 Å². The van der Waals surface area contributed by atoms with Crippen LogP contribution in [0.5, 0.6) is 0 Å². The number of hydrogen-bond acceptors (Lipinski definition) is 5. The van der Waals surface area contributed by atoms with Crippen molar-refractivity contribution in [1.29, 1.82) is 0 Å². The minimum atomic E-state index is -0.885. The first kappa shape index (κ1) is 24.8. The van der Waals surface area contributed by atoms with E-state index >= 15 is 0 Å². The fourth-order valence-corrected chi connectivity index (χ4v) is 2.84. The molecule has 0 aliphatic carbocycles. The molecule has 0 unspecified atom stereocenters. The van der Waals surface area contributed by atoms with E-state index in [1.54, 1.807) is 70.2 Å². The molecule has 0 aliphatic rings. The van der Waals surface area contributed by atoms with Gasteiger partial charge in [0.2, 0.25) is 5.91 Å². The Kier molecular flexibility index (Phi) is 8.70. The summed E-state index contributed by atoms with van der Waals surface area (Å²) in [6.45, 7) is 8.58.